The molecule has 1 aromatic carbocycles. The molecule has 1 amide bonds. The van der Waals surface area contributed by atoms with Gasteiger partial charge >= 0.3 is 0 Å². The van der Waals surface area contributed by atoms with Crippen LogP contribution < -0.4 is 15.8 Å². The Morgan fingerprint density at radius 2 is 2.11 bits per heavy atom. The summed E-state index contributed by atoms with van der Waals surface area (Å²) in [5, 5.41) is 3.01. The normalized spacial score (nSPS) is 16.1. The average molecular weight is 327 g/mol. The number of rotatable bonds is 4. The molecule has 104 valence electrons. The summed E-state index contributed by atoms with van der Waals surface area (Å²) in [5.74, 6) is 0.528. The summed E-state index contributed by atoms with van der Waals surface area (Å²) < 4.78 is 6.28. The Balaban J connectivity index is 1.81. The van der Waals surface area contributed by atoms with E-state index < -0.39 is 0 Å². The van der Waals surface area contributed by atoms with E-state index in [1.807, 2.05) is 6.07 Å². The van der Waals surface area contributed by atoms with Crippen LogP contribution in [0.1, 0.15) is 32.1 Å². The molecule has 4 nitrogen and oxygen atoms in total. The first kappa shape index (κ1) is 14.2. The lowest BCUT2D eigenvalue weighted by Crippen LogP contribution is -2.39. The third-order valence-electron chi connectivity index (χ3n) is 3.28. The maximum Gasteiger partial charge on any atom is 0.258 e. The fourth-order valence-electron chi connectivity index (χ4n) is 2.29. The number of nitrogens with two attached hydrogens (primary N) is 1. The minimum atomic E-state index is -0.0683. The van der Waals surface area contributed by atoms with Gasteiger partial charge in [0.1, 0.15) is 5.75 Å². The van der Waals surface area contributed by atoms with Gasteiger partial charge in [-0.05, 0) is 40.9 Å². The van der Waals surface area contributed by atoms with Crippen molar-refractivity contribution in [3.63, 3.8) is 0 Å². The van der Waals surface area contributed by atoms with Gasteiger partial charge in [0.15, 0.2) is 6.61 Å². The zero-order valence-electron chi connectivity index (χ0n) is 10.8. The first-order chi connectivity index (χ1) is 9.15. The number of anilines is 1. The van der Waals surface area contributed by atoms with Crippen molar-refractivity contribution in [2.75, 3.05) is 12.3 Å². The minimum absolute atomic E-state index is 0.0263. The molecule has 1 saturated carbocycles. The summed E-state index contributed by atoms with van der Waals surface area (Å²) >= 11 is 3.37. The first-order valence-electron chi connectivity index (χ1n) is 6.62. The van der Waals surface area contributed by atoms with Crippen LogP contribution in [-0.4, -0.2) is 18.6 Å². The molecule has 0 aliphatic heterocycles. The number of hydrogen-bond acceptors (Lipinski definition) is 3. The molecule has 0 unspecified atom stereocenters. The second-order valence-corrected chi connectivity index (χ2v) is 5.74. The van der Waals surface area contributed by atoms with E-state index in [0.717, 1.165) is 17.3 Å². The van der Waals surface area contributed by atoms with Gasteiger partial charge in [-0.2, -0.15) is 0 Å². The van der Waals surface area contributed by atoms with E-state index in [9.17, 15) is 4.79 Å². The van der Waals surface area contributed by atoms with E-state index in [1.54, 1.807) is 12.1 Å². The molecule has 5 heteroatoms. The molecule has 1 aromatic rings. The molecule has 0 radical (unpaired) electrons. The lowest BCUT2D eigenvalue weighted by atomic mass is 9.95. The number of nitrogen functional groups attached to an aromatic ring is 1. The Kier molecular flexibility index (Phi) is 5.07. The van der Waals surface area contributed by atoms with Gasteiger partial charge in [0.05, 0.1) is 4.47 Å². The number of halogens is 1. The number of hydrogen-bond donors (Lipinski definition) is 2. The molecule has 2 rings (SSSR count). The third kappa shape index (κ3) is 4.42. The smallest absolute Gasteiger partial charge is 0.258 e. The number of nitrogens with one attached hydrogen (secondary N) is 1. The van der Waals surface area contributed by atoms with Gasteiger partial charge in [-0.25, -0.2) is 0 Å². The Hall–Kier alpha value is -1.23. The minimum Gasteiger partial charge on any atom is -0.483 e. The van der Waals surface area contributed by atoms with E-state index in [2.05, 4.69) is 21.2 Å². The summed E-state index contributed by atoms with van der Waals surface area (Å²) in [6.07, 6.45) is 5.83. The summed E-state index contributed by atoms with van der Waals surface area (Å²) in [6, 6.07) is 5.61. The molecule has 0 aromatic heterocycles. The maximum absolute atomic E-state index is 11.8. The fraction of sp³-hybridized carbons (Fsp3) is 0.500. The lowest BCUT2D eigenvalue weighted by Gasteiger charge is -2.22. The van der Waals surface area contributed by atoms with Gasteiger partial charge < -0.3 is 15.8 Å². The second kappa shape index (κ2) is 6.80. The molecule has 0 atom stereocenters. The van der Waals surface area contributed by atoms with Crippen molar-refractivity contribution in [1.82, 2.24) is 5.32 Å². The Labute approximate surface area is 121 Å². The predicted molar refractivity (Wildman–Crippen MR) is 79.1 cm³/mol. The molecular formula is C14H19BrN2O2. The first-order valence-corrected chi connectivity index (χ1v) is 7.41. The molecule has 1 fully saturated rings. The highest BCUT2D eigenvalue weighted by Crippen LogP contribution is 2.26. The number of ether oxygens (including phenoxy) is 1. The number of amides is 1. The van der Waals surface area contributed by atoms with Crippen molar-refractivity contribution in [1.29, 1.82) is 0 Å². The van der Waals surface area contributed by atoms with Crippen molar-refractivity contribution in [2.24, 2.45) is 0 Å². The van der Waals surface area contributed by atoms with Crippen LogP contribution in [0.4, 0.5) is 5.69 Å². The molecule has 0 bridgehead atoms. The Morgan fingerprint density at radius 3 is 2.84 bits per heavy atom. The molecule has 19 heavy (non-hydrogen) atoms. The number of carbonyl (C=O) groups excluding carboxylic acids is 1. The zero-order valence-corrected chi connectivity index (χ0v) is 12.4. The summed E-state index contributed by atoms with van der Waals surface area (Å²) in [5.41, 5.74) is 6.30. The predicted octanol–water partition coefficient (Wildman–Crippen LogP) is 2.86. The van der Waals surface area contributed by atoms with Gasteiger partial charge in [0.25, 0.3) is 5.91 Å². The lowest BCUT2D eigenvalue weighted by molar-refractivity contribution is -0.124. The Bertz CT molecular complexity index is 445. The van der Waals surface area contributed by atoms with Crippen LogP contribution in [0, 0.1) is 0 Å². The van der Waals surface area contributed by atoms with E-state index in [4.69, 9.17) is 10.5 Å². The molecule has 1 aliphatic rings. The van der Waals surface area contributed by atoms with Crippen LogP contribution >= 0.6 is 15.9 Å². The Morgan fingerprint density at radius 1 is 1.37 bits per heavy atom. The molecular weight excluding hydrogens is 308 g/mol. The van der Waals surface area contributed by atoms with Crippen molar-refractivity contribution >= 4 is 27.5 Å². The molecule has 0 heterocycles. The summed E-state index contributed by atoms with van der Waals surface area (Å²) in [4.78, 5) is 11.8. The van der Waals surface area contributed by atoms with E-state index >= 15 is 0 Å². The number of carbonyl (C=O) groups is 1. The van der Waals surface area contributed by atoms with Crippen LogP contribution in [0.5, 0.6) is 5.75 Å². The summed E-state index contributed by atoms with van der Waals surface area (Å²) in [6.45, 7) is 0.0263. The monoisotopic (exact) mass is 326 g/mol. The van der Waals surface area contributed by atoms with Gasteiger partial charge in [-0.3, -0.25) is 4.79 Å². The van der Waals surface area contributed by atoms with Crippen molar-refractivity contribution in [2.45, 2.75) is 38.1 Å². The van der Waals surface area contributed by atoms with Crippen LogP contribution in [0.3, 0.4) is 0 Å². The van der Waals surface area contributed by atoms with Gasteiger partial charge in [0.2, 0.25) is 0 Å². The van der Waals surface area contributed by atoms with Crippen LogP contribution in [0.25, 0.3) is 0 Å². The summed E-state index contributed by atoms with van der Waals surface area (Å²) in [7, 11) is 0. The quantitative estimate of drug-likeness (QED) is 0.836. The van der Waals surface area contributed by atoms with Crippen LogP contribution in [0.2, 0.25) is 0 Å². The highest BCUT2D eigenvalue weighted by atomic mass is 79.9. The van der Waals surface area contributed by atoms with E-state index in [-0.39, 0.29) is 12.5 Å². The fourth-order valence-corrected chi connectivity index (χ4v) is 2.65. The third-order valence-corrected chi connectivity index (χ3v) is 3.94. The van der Waals surface area contributed by atoms with Gasteiger partial charge in [0, 0.05) is 17.8 Å². The van der Waals surface area contributed by atoms with Crippen molar-refractivity contribution < 1.29 is 9.53 Å². The molecule has 0 spiro atoms. The zero-order chi connectivity index (χ0) is 13.7. The maximum atomic E-state index is 11.8. The topological polar surface area (TPSA) is 64.3 Å². The SMILES string of the molecule is Nc1ccc(Br)c(OCC(=O)NC2CCCCC2)c1. The average Bonchev–Trinajstić information content (AvgIpc) is 2.41. The van der Waals surface area contributed by atoms with Crippen LogP contribution in [-0.2, 0) is 4.79 Å². The highest BCUT2D eigenvalue weighted by Gasteiger charge is 2.16. The molecule has 3 N–H and O–H groups in total. The highest BCUT2D eigenvalue weighted by molar-refractivity contribution is 9.10. The van der Waals surface area contributed by atoms with Crippen molar-refractivity contribution in [3.05, 3.63) is 22.7 Å². The van der Waals surface area contributed by atoms with Gasteiger partial charge in [-0.15, -0.1) is 0 Å². The van der Waals surface area contributed by atoms with Gasteiger partial charge in [-0.1, -0.05) is 19.3 Å². The molecule has 0 saturated heterocycles. The van der Waals surface area contributed by atoms with E-state index in [1.165, 1.54) is 19.3 Å². The number of benzene rings is 1. The second-order valence-electron chi connectivity index (χ2n) is 4.88. The van der Waals surface area contributed by atoms with E-state index in [0.29, 0.717) is 17.5 Å². The van der Waals surface area contributed by atoms with Crippen molar-refractivity contribution in [3.8, 4) is 5.75 Å². The largest absolute Gasteiger partial charge is 0.483 e. The molecule has 1 aliphatic carbocycles. The standard InChI is InChI=1S/C14H19BrN2O2/c15-12-7-6-10(16)8-13(12)19-9-14(18)17-11-4-2-1-3-5-11/h6-8,11H,1-5,9,16H2,(H,17,18). The van der Waals surface area contributed by atoms with Crippen LogP contribution in [0.15, 0.2) is 22.7 Å².